The highest BCUT2D eigenvalue weighted by atomic mass is 32.2. The van der Waals surface area contributed by atoms with Crippen LogP contribution in [0.2, 0.25) is 0 Å². The smallest absolute Gasteiger partial charge is 0.0205 e. The van der Waals surface area contributed by atoms with Gasteiger partial charge in [-0.05, 0) is 42.0 Å². The van der Waals surface area contributed by atoms with E-state index in [1.165, 1.54) is 28.9 Å². The van der Waals surface area contributed by atoms with Crippen molar-refractivity contribution in [3.05, 3.63) is 65.7 Å². The Morgan fingerprint density at radius 3 is 2.65 bits per heavy atom. The molecule has 0 saturated heterocycles. The Morgan fingerprint density at radius 1 is 1.00 bits per heavy atom. The number of hydrogen-bond donors (Lipinski definition) is 1. The van der Waals surface area contributed by atoms with Gasteiger partial charge < -0.3 is 5.32 Å². The third-order valence-corrected chi connectivity index (χ3v) is 4.63. The van der Waals surface area contributed by atoms with Crippen LogP contribution in [0, 0.1) is 0 Å². The van der Waals surface area contributed by atoms with Crippen LogP contribution in [0.4, 0.5) is 0 Å². The van der Waals surface area contributed by atoms with Gasteiger partial charge in [0.15, 0.2) is 0 Å². The van der Waals surface area contributed by atoms with Crippen molar-refractivity contribution in [2.75, 3.05) is 12.3 Å². The molecule has 2 heteroatoms. The van der Waals surface area contributed by atoms with E-state index < -0.39 is 0 Å². The standard InChI is InChI=1S/C18H21NS/c1-2-7-18(8-3-1)20-12-11-19-14-15-5-4-6-17(13-15)16-9-10-16/h1-8,13,16,19H,9-12,14H2. The molecule has 2 aromatic carbocycles. The van der Waals surface area contributed by atoms with E-state index in [9.17, 15) is 0 Å². The van der Waals surface area contributed by atoms with Gasteiger partial charge in [-0.3, -0.25) is 0 Å². The molecule has 1 nitrogen and oxygen atoms in total. The zero-order chi connectivity index (χ0) is 13.6. The molecular formula is C18H21NS. The van der Waals surface area contributed by atoms with Gasteiger partial charge in [0.1, 0.15) is 0 Å². The van der Waals surface area contributed by atoms with Crippen LogP contribution in [0.25, 0.3) is 0 Å². The quantitative estimate of drug-likeness (QED) is 0.595. The van der Waals surface area contributed by atoms with E-state index in [1.807, 2.05) is 11.8 Å². The van der Waals surface area contributed by atoms with E-state index in [0.717, 1.165) is 24.8 Å². The summed E-state index contributed by atoms with van der Waals surface area (Å²) in [5.74, 6) is 1.97. The van der Waals surface area contributed by atoms with E-state index in [1.54, 1.807) is 0 Å². The van der Waals surface area contributed by atoms with Crippen LogP contribution < -0.4 is 5.32 Å². The highest BCUT2D eigenvalue weighted by Gasteiger charge is 2.23. The highest BCUT2D eigenvalue weighted by Crippen LogP contribution is 2.40. The molecule has 0 heterocycles. The molecule has 0 bridgehead atoms. The fourth-order valence-electron chi connectivity index (χ4n) is 2.36. The van der Waals surface area contributed by atoms with Crippen molar-refractivity contribution in [1.82, 2.24) is 5.32 Å². The molecule has 1 saturated carbocycles. The largest absolute Gasteiger partial charge is 0.312 e. The summed E-state index contributed by atoms with van der Waals surface area (Å²) in [5, 5.41) is 3.54. The van der Waals surface area contributed by atoms with E-state index >= 15 is 0 Å². The van der Waals surface area contributed by atoms with Crippen molar-refractivity contribution < 1.29 is 0 Å². The summed E-state index contributed by atoms with van der Waals surface area (Å²) in [6, 6.07) is 19.7. The summed E-state index contributed by atoms with van der Waals surface area (Å²) in [6.45, 7) is 2.03. The molecule has 1 N–H and O–H groups in total. The summed E-state index contributed by atoms with van der Waals surface area (Å²) < 4.78 is 0. The van der Waals surface area contributed by atoms with E-state index in [0.29, 0.717) is 0 Å². The minimum Gasteiger partial charge on any atom is -0.312 e. The first-order valence-corrected chi connectivity index (χ1v) is 8.38. The van der Waals surface area contributed by atoms with Gasteiger partial charge in [0.05, 0.1) is 0 Å². The van der Waals surface area contributed by atoms with Gasteiger partial charge in [0.25, 0.3) is 0 Å². The second-order valence-electron chi connectivity index (χ2n) is 5.36. The Hall–Kier alpha value is -1.25. The van der Waals surface area contributed by atoms with Crippen molar-refractivity contribution in [2.24, 2.45) is 0 Å². The minimum atomic E-state index is 0.851. The first kappa shape index (κ1) is 13.7. The van der Waals surface area contributed by atoms with Gasteiger partial charge in [-0.2, -0.15) is 0 Å². The van der Waals surface area contributed by atoms with E-state index in [2.05, 4.69) is 59.9 Å². The summed E-state index contributed by atoms with van der Waals surface area (Å²) in [6.07, 6.45) is 2.76. The monoisotopic (exact) mass is 283 g/mol. The Bertz CT molecular complexity index is 534. The molecule has 1 aliphatic rings. The lowest BCUT2D eigenvalue weighted by Gasteiger charge is -2.07. The summed E-state index contributed by atoms with van der Waals surface area (Å²) in [7, 11) is 0. The number of nitrogens with one attached hydrogen (secondary N) is 1. The molecule has 20 heavy (non-hydrogen) atoms. The van der Waals surface area contributed by atoms with E-state index in [4.69, 9.17) is 0 Å². The molecule has 0 aliphatic heterocycles. The maximum absolute atomic E-state index is 3.54. The van der Waals surface area contributed by atoms with Crippen molar-refractivity contribution >= 4 is 11.8 Å². The molecule has 0 radical (unpaired) electrons. The zero-order valence-electron chi connectivity index (χ0n) is 11.7. The lowest BCUT2D eigenvalue weighted by Crippen LogP contribution is -2.16. The zero-order valence-corrected chi connectivity index (χ0v) is 12.5. The highest BCUT2D eigenvalue weighted by molar-refractivity contribution is 7.99. The van der Waals surface area contributed by atoms with Crippen LogP contribution >= 0.6 is 11.8 Å². The van der Waals surface area contributed by atoms with Crippen molar-refractivity contribution in [1.29, 1.82) is 0 Å². The minimum absolute atomic E-state index is 0.851. The van der Waals surface area contributed by atoms with Crippen molar-refractivity contribution in [2.45, 2.75) is 30.2 Å². The maximum atomic E-state index is 3.54. The molecule has 3 rings (SSSR count). The summed E-state index contributed by atoms with van der Waals surface area (Å²) in [5.41, 5.74) is 2.95. The third-order valence-electron chi connectivity index (χ3n) is 3.62. The van der Waals surface area contributed by atoms with Gasteiger partial charge in [-0.25, -0.2) is 0 Å². The fourth-order valence-corrected chi connectivity index (χ4v) is 3.20. The molecule has 2 aromatic rings. The Balaban J connectivity index is 1.38. The van der Waals surface area contributed by atoms with Crippen LogP contribution in [-0.2, 0) is 6.54 Å². The molecule has 1 aliphatic carbocycles. The van der Waals surface area contributed by atoms with Crippen LogP contribution in [-0.4, -0.2) is 12.3 Å². The molecule has 0 atom stereocenters. The predicted molar refractivity (Wildman–Crippen MR) is 87.3 cm³/mol. The van der Waals surface area contributed by atoms with Gasteiger partial charge in [-0.15, -0.1) is 11.8 Å². The SMILES string of the molecule is c1ccc(SCCNCc2cccc(C3CC3)c2)cc1. The number of thioether (sulfide) groups is 1. The maximum Gasteiger partial charge on any atom is 0.0205 e. The van der Waals surface area contributed by atoms with Gasteiger partial charge in [-0.1, -0.05) is 42.5 Å². The average molecular weight is 283 g/mol. The lowest BCUT2D eigenvalue weighted by molar-refractivity contribution is 0.731. The van der Waals surface area contributed by atoms with Crippen LogP contribution in [0.3, 0.4) is 0 Å². The normalized spacial score (nSPS) is 14.4. The van der Waals surface area contributed by atoms with Crippen molar-refractivity contribution in [3.63, 3.8) is 0 Å². The van der Waals surface area contributed by atoms with Crippen molar-refractivity contribution in [3.8, 4) is 0 Å². The molecular weight excluding hydrogens is 262 g/mol. The Labute approximate surface area is 125 Å². The number of rotatable bonds is 7. The number of hydrogen-bond acceptors (Lipinski definition) is 2. The van der Waals surface area contributed by atoms with Gasteiger partial charge >= 0.3 is 0 Å². The first-order chi connectivity index (χ1) is 9.92. The van der Waals surface area contributed by atoms with E-state index in [-0.39, 0.29) is 0 Å². The second kappa shape index (κ2) is 6.96. The third kappa shape index (κ3) is 4.12. The molecule has 104 valence electrons. The molecule has 1 fully saturated rings. The Morgan fingerprint density at radius 2 is 1.85 bits per heavy atom. The van der Waals surface area contributed by atoms with Crippen LogP contribution in [0.1, 0.15) is 29.9 Å². The lowest BCUT2D eigenvalue weighted by atomic mass is 10.1. The summed E-state index contributed by atoms with van der Waals surface area (Å²) in [4.78, 5) is 1.35. The second-order valence-corrected chi connectivity index (χ2v) is 6.53. The predicted octanol–water partition coefficient (Wildman–Crippen LogP) is 4.45. The molecule has 0 spiro atoms. The number of benzene rings is 2. The molecule has 0 unspecified atom stereocenters. The molecule has 0 amide bonds. The van der Waals surface area contributed by atoms with Gasteiger partial charge in [0.2, 0.25) is 0 Å². The van der Waals surface area contributed by atoms with Gasteiger partial charge in [0, 0.05) is 23.7 Å². The first-order valence-electron chi connectivity index (χ1n) is 7.39. The Kier molecular flexibility index (Phi) is 4.77. The fraction of sp³-hybridized carbons (Fsp3) is 0.333. The molecule has 0 aromatic heterocycles. The van der Waals surface area contributed by atoms with Crippen LogP contribution in [0.5, 0.6) is 0 Å². The average Bonchev–Trinajstić information content (AvgIpc) is 3.33. The van der Waals surface area contributed by atoms with Crippen LogP contribution in [0.15, 0.2) is 59.5 Å². The topological polar surface area (TPSA) is 12.0 Å². The summed E-state index contributed by atoms with van der Waals surface area (Å²) >= 11 is 1.91.